The quantitative estimate of drug-likeness (QED) is 0.575. The van der Waals surface area contributed by atoms with E-state index in [9.17, 15) is 22.0 Å². The molecule has 0 saturated carbocycles. The van der Waals surface area contributed by atoms with Gasteiger partial charge in [-0.2, -0.15) is 29.0 Å². The second-order valence-corrected chi connectivity index (χ2v) is 8.17. The van der Waals surface area contributed by atoms with Crippen molar-refractivity contribution in [2.24, 2.45) is 0 Å². The Kier molecular flexibility index (Phi) is 4.81. The van der Waals surface area contributed by atoms with Gasteiger partial charge in [0.05, 0.1) is 6.10 Å². The van der Waals surface area contributed by atoms with Gasteiger partial charge in [-0.3, -0.25) is 4.55 Å². The first-order chi connectivity index (χ1) is 9.61. The van der Waals surface area contributed by atoms with E-state index in [1.165, 1.54) is 0 Å². The number of halogens is 2. The molecule has 1 N–H and O–H groups in total. The summed E-state index contributed by atoms with van der Waals surface area (Å²) in [5.41, 5.74) is 0. The second kappa shape index (κ2) is 5.98. The molecule has 2 heterocycles. The molecule has 0 aromatic carbocycles. The van der Waals surface area contributed by atoms with Crippen LogP contribution in [0.5, 0.6) is 0 Å². The minimum Gasteiger partial charge on any atom is -0.453 e. The zero-order chi connectivity index (χ0) is 15.8. The van der Waals surface area contributed by atoms with Crippen molar-refractivity contribution in [1.29, 1.82) is 0 Å². The monoisotopic (exact) mass is 346 g/mol. The number of hydrogen-bond acceptors (Lipinski definition) is 6. The lowest BCUT2D eigenvalue weighted by Gasteiger charge is -2.23. The average Bonchev–Trinajstić information content (AvgIpc) is 2.96. The molecule has 6 nitrogen and oxygen atoms in total. The Labute approximate surface area is 125 Å². The average molecular weight is 346 g/mol. The maximum absolute atomic E-state index is 13.2. The number of alkyl halides is 2. The lowest BCUT2D eigenvalue weighted by Crippen LogP contribution is -2.42. The van der Waals surface area contributed by atoms with E-state index in [4.69, 9.17) is 9.29 Å². The fourth-order valence-electron chi connectivity index (χ4n) is 2.45. The number of hydrogen-bond donors (Lipinski definition) is 1. The van der Waals surface area contributed by atoms with Crippen LogP contribution in [-0.2, 0) is 24.4 Å². The number of carbonyl (C=O) groups is 1. The molecule has 2 rings (SSSR count). The van der Waals surface area contributed by atoms with Crippen molar-refractivity contribution in [2.45, 2.75) is 54.1 Å². The Morgan fingerprint density at radius 1 is 1.48 bits per heavy atom. The molecule has 4 unspecified atom stereocenters. The largest absolute Gasteiger partial charge is 0.453 e. The maximum atomic E-state index is 13.2. The summed E-state index contributed by atoms with van der Waals surface area (Å²) in [4.78, 5) is 11.4. The van der Waals surface area contributed by atoms with Gasteiger partial charge < -0.3 is 9.47 Å². The van der Waals surface area contributed by atoms with Gasteiger partial charge in [0, 0.05) is 10.5 Å². The topological polar surface area (TPSA) is 89.9 Å². The summed E-state index contributed by atoms with van der Waals surface area (Å²) < 4.78 is 65.5. The van der Waals surface area contributed by atoms with Crippen LogP contribution >= 0.6 is 11.8 Å². The Balaban J connectivity index is 1.79. The molecule has 4 atom stereocenters. The predicted octanol–water partition coefficient (Wildman–Crippen LogP) is 1.45. The first-order valence-corrected chi connectivity index (χ1v) is 8.81. The number of rotatable bonds is 6. The van der Waals surface area contributed by atoms with Crippen molar-refractivity contribution >= 4 is 27.8 Å². The standard InChI is InChI=1S/C11H16F2O6S2/c1-6(11(12,13)21(15,16)17)19-10(14)5-18-8-4-7-2-3-9(8)20-7/h6-9H,2-5H2,1H3,(H,15,16,17). The Morgan fingerprint density at radius 2 is 2.14 bits per heavy atom. The number of fused-ring (bicyclic) bond motifs is 2. The minimum atomic E-state index is -5.64. The van der Waals surface area contributed by atoms with Crippen molar-refractivity contribution in [3.8, 4) is 0 Å². The molecule has 0 spiro atoms. The van der Waals surface area contributed by atoms with Gasteiger partial charge in [-0.05, 0) is 26.2 Å². The normalized spacial score (nSPS) is 30.4. The molecule has 0 amide bonds. The van der Waals surface area contributed by atoms with E-state index in [0.29, 0.717) is 17.4 Å². The third-order valence-corrected chi connectivity index (χ3v) is 6.31. The van der Waals surface area contributed by atoms with Gasteiger partial charge in [-0.15, -0.1) is 0 Å². The van der Waals surface area contributed by atoms with Crippen molar-refractivity contribution in [1.82, 2.24) is 0 Å². The molecule has 21 heavy (non-hydrogen) atoms. The van der Waals surface area contributed by atoms with Crippen LogP contribution in [0.2, 0.25) is 0 Å². The van der Waals surface area contributed by atoms with Gasteiger partial charge in [0.15, 0.2) is 6.10 Å². The molecular formula is C11H16F2O6S2. The fourth-order valence-corrected chi connectivity index (χ4v) is 4.62. The summed E-state index contributed by atoms with van der Waals surface area (Å²) in [6.45, 7) is 0.180. The molecule has 2 fully saturated rings. The molecule has 2 saturated heterocycles. The summed E-state index contributed by atoms with van der Waals surface area (Å²) in [6.07, 6.45) is 0.555. The Hall–Kier alpha value is -0.450. The van der Waals surface area contributed by atoms with Gasteiger partial charge in [0.2, 0.25) is 0 Å². The van der Waals surface area contributed by atoms with Gasteiger partial charge in [0.1, 0.15) is 6.61 Å². The summed E-state index contributed by atoms with van der Waals surface area (Å²) in [6, 6.07) is 0. The Morgan fingerprint density at radius 3 is 2.62 bits per heavy atom. The highest BCUT2D eigenvalue weighted by Gasteiger charge is 2.52. The van der Waals surface area contributed by atoms with Gasteiger partial charge in [-0.1, -0.05) is 0 Å². The van der Waals surface area contributed by atoms with Crippen LogP contribution in [0.15, 0.2) is 0 Å². The molecule has 0 radical (unpaired) electrons. The Bertz CT molecular complexity index is 509. The zero-order valence-electron chi connectivity index (χ0n) is 11.2. The van der Waals surface area contributed by atoms with E-state index in [2.05, 4.69) is 4.74 Å². The van der Waals surface area contributed by atoms with Crippen LogP contribution in [0, 0.1) is 0 Å². The maximum Gasteiger partial charge on any atom is 0.405 e. The van der Waals surface area contributed by atoms with Crippen LogP contribution < -0.4 is 0 Å². The van der Waals surface area contributed by atoms with Gasteiger partial charge in [0.25, 0.3) is 0 Å². The van der Waals surface area contributed by atoms with E-state index in [-0.39, 0.29) is 6.10 Å². The summed E-state index contributed by atoms with van der Waals surface area (Å²) in [5.74, 6) is -1.08. The molecule has 122 valence electrons. The number of esters is 1. The fraction of sp³-hybridized carbons (Fsp3) is 0.909. The van der Waals surface area contributed by atoms with E-state index < -0.39 is 34.1 Å². The van der Waals surface area contributed by atoms with E-state index >= 15 is 0 Å². The van der Waals surface area contributed by atoms with Crippen molar-refractivity contribution in [2.75, 3.05) is 6.61 Å². The smallest absolute Gasteiger partial charge is 0.405 e. The van der Waals surface area contributed by atoms with Crippen molar-refractivity contribution in [3.63, 3.8) is 0 Å². The predicted molar refractivity (Wildman–Crippen MR) is 70.8 cm³/mol. The van der Waals surface area contributed by atoms with Gasteiger partial charge in [-0.25, -0.2) is 4.79 Å². The summed E-state index contributed by atoms with van der Waals surface area (Å²) in [7, 11) is -5.64. The first kappa shape index (κ1) is 16.9. The number of carbonyl (C=O) groups excluding carboxylic acids is 1. The molecule has 10 heteroatoms. The van der Waals surface area contributed by atoms with Crippen molar-refractivity contribution < 1.29 is 36.0 Å². The van der Waals surface area contributed by atoms with E-state index in [1.807, 2.05) is 0 Å². The highest BCUT2D eigenvalue weighted by Crippen LogP contribution is 2.47. The van der Waals surface area contributed by atoms with Crippen LogP contribution in [-0.4, -0.2) is 53.5 Å². The molecule has 0 aromatic heterocycles. The molecule has 2 aliphatic heterocycles. The molecule has 2 bridgehead atoms. The lowest BCUT2D eigenvalue weighted by atomic mass is 9.98. The number of ether oxygens (including phenoxy) is 2. The number of thioether (sulfide) groups is 1. The van der Waals surface area contributed by atoms with Crippen LogP contribution in [0.1, 0.15) is 26.2 Å². The first-order valence-electron chi connectivity index (χ1n) is 6.42. The van der Waals surface area contributed by atoms with Crippen LogP contribution in [0.4, 0.5) is 8.78 Å². The highest BCUT2D eigenvalue weighted by molar-refractivity contribution is 8.01. The van der Waals surface area contributed by atoms with Crippen LogP contribution in [0.3, 0.4) is 0 Å². The molecule has 0 aliphatic carbocycles. The SMILES string of the molecule is CC(OC(=O)COC1CC2CCC1S2)C(F)(F)S(=O)(=O)O. The minimum absolute atomic E-state index is 0.0984. The van der Waals surface area contributed by atoms with E-state index in [0.717, 1.165) is 19.3 Å². The third-order valence-electron chi connectivity index (χ3n) is 3.59. The third kappa shape index (κ3) is 3.66. The lowest BCUT2D eigenvalue weighted by molar-refractivity contribution is -0.166. The van der Waals surface area contributed by atoms with Gasteiger partial charge >= 0.3 is 21.3 Å². The highest BCUT2D eigenvalue weighted by atomic mass is 32.2. The summed E-state index contributed by atoms with van der Waals surface area (Å²) >= 11 is 1.80. The van der Waals surface area contributed by atoms with Crippen molar-refractivity contribution in [3.05, 3.63) is 0 Å². The molecule has 2 aliphatic rings. The summed E-state index contributed by atoms with van der Waals surface area (Å²) in [5, 5.41) is -3.71. The van der Waals surface area contributed by atoms with Crippen LogP contribution in [0.25, 0.3) is 0 Å². The molecule has 0 aromatic rings. The second-order valence-electron chi connectivity index (χ2n) is 5.13. The van der Waals surface area contributed by atoms with E-state index in [1.54, 1.807) is 11.8 Å². The zero-order valence-corrected chi connectivity index (χ0v) is 12.8. The molecular weight excluding hydrogens is 330 g/mol.